The summed E-state index contributed by atoms with van der Waals surface area (Å²) in [5.41, 5.74) is 0.378. The van der Waals surface area contributed by atoms with Crippen LogP contribution in [0.1, 0.15) is 54.4 Å². The quantitative estimate of drug-likeness (QED) is 0.796. The minimum atomic E-state index is 0.378. The molecule has 0 aromatic heterocycles. The molecule has 0 radical (unpaired) electrons. The van der Waals surface area contributed by atoms with Gasteiger partial charge >= 0.3 is 0 Å². The standard InChI is InChI=1S/C14H30N2/c1-7-12-10-16(11(3)14(4,5)6)13(8-2)9-15-12/h11-13,15H,7-10H2,1-6H3. The Bertz CT molecular complexity index is 207. The first-order valence-corrected chi connectivity index (χ1v) is 6.89. The number of hydrogen-bond donors (Lipinski definition) is 1. The zero-order valence-corrected chi connectivity index (χ0v) is 12.0. The van der Waals surface area contributed by atoms with Crippen molar-refractivity contribution in [2.75, 3.05) is 13.1 Å². The van der Waals surface area contributed by atoms with Crippen molar-refractivity contribution in [3.8, 4) is 0 Å². The largest absolute Gasteiger partial charge is 0.311 e. The Kier molecular flexibility index (Phi) is 4.81. The molecule has 3 unspecified atom stereocenters. The van der Waals surface area contributed by atoms with Crippen LogP contribution in [-0.2, 0) is 0 Å². The lowest BCUT2D eigenvalue weighted by Crippen LogP contribution is -2.60. The van der Waals surface area contributed by atoms with Crippen molar-refractivity contribution in [3.63, 3.8) is 0 Å². The Morgan fingerprint density at radius 1 is 1.25 bits per heavy atom. The number of hydrogen-bond acceptors (Lipinski definition) is 2. The molecule has 0 aliphatic carbocycles. The molecule has 1 aliphatic heterocycles. The highest BCUT2D eigenvalue weighted by Gasteiger charge is 2.34. The van der Waals surface area contributed by atoms with Gasteiger partial charge in [0.15, 0.2) is 0 Å². The molecule has 2 nitrogen and oxygen atoms in total. The third-order valence-corrected chi connectivity index (χ3v) is 4.26. The number of nitrogens with one attached hydrogen (secondary N) is 1. The molecule has 1 heterocycles. The molecule has 0 spiro atoms. The van der Waals surface area contributed by atoms with Gasteiger partial charge in [-0.2, -0.15) is 0 Å². The SMILES string of the molecule is CCC1CN(C(C)C(C)(C)C)C(CC)CN1. The summed E-state index contributed by atoms with van der Waals surface area (Å²) in [6.45, 7) is 16.4. The third-order valence-electron chi connectivity index (χ3n) is 4.26. The molecule has 2 heteroatoms. The fourth-order valence-electron chi connectivity index (χ4n) is 2.51. The maximum absolute atomic E-state index is 3.66. The van der Waals surface area contributed by atoms with Gasteiger partial charge in [0.1, 0.15) is 0 Å². The van der Waals surface area contributed by atoms with Gasteiger partial charge in [0.05, 0.1) is 0 Å². The van der Waals surface area contributed by atoms with Gasteiger partial charge in [-0.25, -0.2) is 0 Å². The van der Waals surface area contributed by atoms with Crippen LogP contribution in [0.25, 0.3) is 0 Å². The lowest BCUT2D eigenvalue weighted by atomic mass is 9.85. The smallest absolute Gasteiger partial charge is 0.0221 e. The Morgan fingerprint density at radius 2 is 1.88 bits per heavy atom. The van der Waals surface area contributed by atoms with Crippen molar-refractivity contribution in [1.29, 1.82) is 0 Å². The maximum Gasteiger partial charge on any atom is 0.0221 e. The van der Waals surface area contributed by atoms with E-state index >= 15 is 0 Å². The molecule has 96 valence electrons. The molecule has 1 saturated heterocycles. The van der Waals surface area contributed by atoms with Gasteiger partial charge in [0.25, 0.3) is 0 Å². The molecule has 1 aliphatic rings. The van der Waals surface area contributed by atoms with Crippen molar-refractivity contribution >= 4 is 0 Å². The van der Waals surface area contributed by atoms with E-state index in [9.17, 15) is 0 Å². The van der Waals surface area contributed by atoms with Crippen molar-refractivity contribution < 1.29 is 0 Å². The number of nitrogens with zero attached hydrogens (tertiary/aromatic N) is 1. The summed E-state index contributed by atoms with van der Waals surface area (Å²) in [6.07, 6.45) is 2.49. The molecule has 0 bridgehead atoms. The molecule has 1 N–H and O–H groups in total. The van der Waals surface area contributed by atoms with Gasteiger partial charge in [0.2, 0.25) is 0 Å². The second-order valence-corrected chi connectivity index (χ2v) is 6.31. The highest BCUT2D eigenvalue weighted by atomic mass is 15.3. The van der Waals surface area contributed by atoms with Crippen LogP contribution in [0.2, 0.25) is 0 Å². The van der Waals surface area contributed by atoms with E-state index in [0.29, 0.717) is 17.5 Å². The minimum Gasteiger partial charge on any atom is -0.311 e. The zero-order chi connectivity index (χ0) is 12.3. The minimum absolute atomic E-state index is 0.378. The van der Waals surface area contributed by atoms with Crippen molar-refractivity contribution in [2.24, 2.45) is 5.41 Å². The van der Waals surface area contributed by atoms with Crippen molar-refractivity contribution in [2.45, 2.75) is 72.5 Å². The first kappa shape index (κ1) is 14.0. The van der Waals surface area contributed by atoms with Crippen LogP contribution >= 0.6 is 0 Å². The molecule has 0 saturated carbocycles. The van der Waals surface area contributed by atoms with E-state index in [1.807, 2.05) is 0 Å². The van der Waals surface area contributed by atoms with Gasteiger partial charge in [0, 0.05) is 31.2 Å². The normalized spacial score (nSPS) is 30.4. The number of rotatable bonds is 3. The molecule has 16 heavy (non-hydrogen) atoms. The zero-order valence-electron chi connectivity index (χ0n) is 12.0. The van der Waals surface area contributed by atoms with E-state index in [1.165, 1.54) is 19.4 Å². The van der Waals surface area contributed by atoms with Gasteiger partial charge in [-0.1, -0.05) is 34.6 Å². The highest BCUT2D eigenvalue weighted by Crippen LogP contribution is 2.28. The van der Waals surface area contributed by atoms with E-state index < -0.39 is 0 Å². The summed E-state index contributed by atoms with van der Waals surface area (Å²) in [4.78, 5) is 2.73. The fraction of sp³-hybridized carbons (Fsp3) is 1.00. The van der Waals surface area contributed by atoms with Crippen LogP contribution < -0.4 is 5.32 Å². The van der Waals surface area contributed by atoms with E-state index in [1.54, 1.807) is 0 Å². The van der Waals surface area contributed by atoms with Gasteiger partial charge in [-0.3, -0.25) is 4.90 Å². The molecule has 0 amide bonds. The molecule has 1 rings (SSSR count). The summed E-state index contributed by atoms with van der Waals surface area (Å²) in [7, 11) is 0. The average Bonchev–Trinajstić information content (AvgIpc) is 2.25. The monoisotopic (exact) mass is 226 g/mol. The van der Waals surface area contributed by atoms with Crippen LogP contribution in [0.4, 0.5) is 0 Å². The molecule has 3 atom stereocenters. The van der Waals surface area contributed by atoms with Crippen LogP contribution in [0.5, 0.6) is 0 Å². The second-order valence-electron chi connectivity index (χ2n) is 6.31. The third kappa shape index (κ3) is 3.21. The first-order chi connectivity index (χ1) is 7.40. The molecule has 0 aromatic carbocycles. The Balaban J connectivity index is 2.71. The molecular formula is C14H30N2. The van der Waals surface area contributed by atoms with Crippen molar-refractivity contribution in [1.82, 2.24) is 10.2 Å². The Labute approximate surface area is 102 Å². The predicted molar refractivity (Wildman–Crippen MR) is 71.8 cm³/mol. The van der Waals surface area contributed by atoms with Crippen LogP contribution in [-0.4, -0.2) is 36.1 Å². The van der Waals surface area contributed by atoms with E-state index in [0.717, 1.165) is 12.6 Å². The molecular weight excluding hydrogens is 196 g/mol. The van der Waals surface area contributed by atoms with Gasteiger partial charge in [-0.15, -0.1) is 0 Å². The summed E-state index contributed by atoms with van der Waals surface area (Å²) in [5, 5.41) is 3.66. The summed E-state index contributed by atoms with van der Waals surface area (Å²) < 4.78 is 0. The Hall–Kier alpha value is -0.0800. The molecule has 0 aromatic rings. The fourth-order valence-corrected chi connectivity index (χ4v) is 2.51. The lowest BCUT2D eigenvalue weighted by Gasteiger charge is -2.47. The predicted octanol–water partition coefficient (Wildman–Crippen LogP) is 2.88. The van der Waals surface area contributed by atoms with E-state index in [2.05, 4.69) is 51.8 Å². The van der Waals surface area contributed by atoms with Crippen LogP contribution in [0, 0.1) is 5.41 Å². The first-order valence-electron chi connectivity index (χ1n) is 6.89. The van der Waals surface area contributed by atoms with E-state index in [-0.39, 0.29) is 0 Å². The number of piperazine rings is 1. The average molecular weight is 226 g/mol. The lowest BCUT2D eigenvalue weighted by molar-refractivity contribution is 0.0333. The van der Waals surface area contributed by atoms with Gasteiger partial charge in [-0.05, 0) is 25.2 Å². The summed E-state index contributed by atoms with van der Waals surface area (Å²) in [6, 6.07) is 2.07. The van der Waals surface area contributed by atoms with E-state index in [4.69, 9.17) is 0 Å². The van der Waals surface area contributed by atoms with Gasteiger partial charge < -0.3 is 5.32 Å². The molecule has 1 fully saturated rings. The second kappa shape index (κ2) is 5.50. The summed E-state index contributed by atoms with van der Waals surface area (Å²) in [5.74, 6) is 0. The van der Waals surface area contributed by atoms with Crippen LogP contribution in [0.15, 0.2) is 0 Å². The topological polar surface area (TPSA) is 15.3 Å². The van der Waals surface area contributed by atoms with Crippen molar-refractivity contribution in [3.05, 3.63) is 0 Å². The van der Waals surface area contributed by atoms with Crippen LogP contribution in [0.3, 0.4) is 0 Å². The summed E-state index contributed by atoms with van der Waals surface area (Å²) >= 11 is 0. The highest BCUT2D eigenvalue weighted by molar-refractivity contribution is 4.91. The maximum atomic E-state index is 3.66. The Morgan fingerprint density at radius 3 is 2.31 bits per heavy atom.